The molecule has 0 unspecified atom stereocenters. The van der Waals surface area contributed by atoms with Gasteiger partial charge in [-0.3, -0.25) is 0 Å². The average molecular weight is 90.1 g/mol. The van der Waals surface area contributed by atoms with Crippen molar-refractivity contribution in [3.8, 4) is 0 Å². The molecule has 36 valence electrons. The first-order valence-electron chi connectivity index (χ1n) is 1.59. The van der Waals surface area contributed by atoms with E-state index in [2.05, 4.69) is 11.3 Å². The van der Waals surface area contributed by atoms with Gasteiger partial charge < -0.3 is 4.74 Å². The lowest BCUT2D eigenvalue weighted by Crippen LogP contribution is -1.84. The number of rotatable bonds is 2. The molecule has 0 radical (unpaired) electrons. The number of methoxy groups -OCH3 is 1. The van der Waals surface area contributed by atoms with E-state index in [0.29, 0.717) is 0 Å². The van der Waals surface area contributed by atoms with Gasteiger partial charge in [-0.1, -0.05) is 6.58 Å². The molecule has 6 heavy (non-hydrogen) atoms. The number of ether oxygens (including phenoxy) is 1. The van der Waals surface area contributed by atoms with Gasteiger partial charge in [-0.15, -0.1) is 0 Å². The molecule has 0 rings (SSSR count). The summed E-state index contributed by atoms with van der Waals surface area (Å²) in [7, 11) is 1.42. The Bertz CT molecular complexity index is 51.5. The summed E-state index contributed by atoms with van der Waals surface area (Å²) in [6.07, 6.45) is 0. The molecule has 0 fully saturated rings. The Morgan fingerprint density at radius 3 is 2.50 bits per heavy atom. The monoisotopic (exact) mass is 90.0 g/mol. The Kier molecular flexibility index (Phi) is 2.67. The van der Waals surface area contributed by atoms with E-state index in [4.69, 9.17) is 0 Å². The first-order valence-corrected chi connectivity index (χ1v) is 1.59. The highest BCUT2D eigenvalue weighted by Crippen LogP contribution is 1.87. The van der Waals surface area contributed by atoms with Crippen molar-refractivity contribution in [2.24, 2.45) is 0 Å². The summed E-state index contributed by atoms with van der Waals surface area (Å²) in [6, 6.07) is 0. The Morgan fingerprint density at radius 2 is 2.50 bits per heavy atom. The van der Waals surface area contributed by atoms with Gasteiger partial charge in [0.1, 0.15) is 5.83 Å². The molecular weight excluding hydrogens is 83.0 g/mol. The second-order valence-corrected chi connectivity index (χ2v) is 0.950. The van der Waals surface area contributed by atoms with Crippen molar-refractivity contribution in [2.45, 2.75) is 0 Å². The lowest BCUT2D eigenvalue weighted by atomic mass is 10.7. The molecule has 0 saturated heterocycles. The molecule has 0 aromatic heterocycles. The van der Waals surface area contributed by atoms with Crippen molar-refractivity contribution in [3.63, 3.8) is 0 Å². The Morgan fingerprint density at radius 1 is 2.00 bits per heavy atom. The van der Waals surface area contributed by atoms with E-state index in [1.807, 2.05) is 0 Å². The van der Waals surface area contributed by atoms with Gasteiger partial charge in [0, 0.05) is 7.11 Å². The van der Waals surface area contributed by atoms with Gasteiger partial charge in [0.25, 0.3) is 0 Å². The molecular formula is C4H7FO. The SMILES string of the molecule is C=C(F)COC. The molecule has 1 nitrogen and oxygen atoms in total. The van der Waals surface area contributed by atoms with Gasteiger partial charge in [-0.2, -0.15) is 0 Å². The van der Waals surface area contributed by atoms with E-state index < -0.39 is 5.83 Å². The summed E-state index contributed by atoms with van der Waals surface area (Å²) < 4.78 is 15.7. The predicted molar refractivity (Wildman–Crippen MR) is 22.1 cm³/mol. The Hall–Kier alpha value is -0.370. The minimum absolute atomic E-state index is 0.0139. The Balaban J connectivity index is 2.83. The quantitative estimate of drug-likeness (QED) is 0.493. The van der Waals surface area contributed by atoms with Crippen molar-refractivity contribution >= 4 is 0 Å². The van der Waals surface area contributed by atoms with E-state index >= 15 is 0 Å². The second-order valence-electron chi connectivity index (χ2n) is 0.950. The summed E-state index contributed by atoms with van der Waals surface area (Å²) in [5.74, 6) is -0.433. The maximum absolute atomic E-state index is 11.4. The summed E-state index contributed by atoms with van der Waals surface area (Å²) >= 11 is 0. The summed E-state index contributed by atoms with van der Waals surface area (Å²) in [5.41, 5.74) is 0. The molecule has 0 aliphatic carbocycles. The molecule has 0 spiro atoms. The van der Waals surface area contributed by atoms with Gasteiger partial charge in [0.2, 0.25) is 0 Å². The van der Waals surface area contributed by atoms with Crippen molar-refractivity contribution in [1.29, 1.82) is 0 Å². The largest absolute Gasteiger partial charge is 0.378 e. The van der Waals surface area contributed by atoms with Crippen molar-refractivity contribution in [1.82, 2.24) is 0 Å². The zero-order valence-corrected chi connectivity index (χ0v) is 3.70. The lowest BCUT2D eigenvalue weighted by Gasteiger charge is -1.86. The minimum Gasteiger partial charge on any atom is -0.378 e. The van der Waals surface area contributed by atoms with Crippen LogP contribution in [0.1, 0.15) is 0 Å². The highest BCUT2D eigenvalue weighted by Gasteiger charge is 1.81. The standard InChI is InChI=1S/C4H7FO/c1-4(5)3-6-2/h1,3H2,2H3. The zero-order chi connectivity index (χ0) is 4.99. The fourth-order valence-corrected chi connectivity index (χ4v) is 0.157. The van der Waals surface area contributed by atoms with E-state index in [1.54, 1.807) is 0 Å². The fourth-order valence-electron chi connectivity index (χ4n) is 0.157. The third-order valence-corrected chi connectivity index (χ3v) is 0.301. The number of hydrogen-bond donors (Lipinski definition) is 0. The molecule has 0 heterocycles. The maximum atomic E-state index is 11.4. The van der Waals surface area contributed by atoms with Gasteiger partial charge in [0.15, 0.2) is 0 Å². The molecule has 0 aromatic rings. The van der Waals surface area contributed by atoms with Crippen LogP contribution < -0.4 is 0 Å². The van der Waals surface area contributed by atoms with Crippen LogP contribution in [0.2, 0.25) is 0 Å². The van der Waals surface area contributed by atoms with Crippen LogP contribution in [0, 0.1) is 0 Å². The molecule has 0 aliphatic rings. The van der Waals surface area contributed by atoms with Crippen LogP contribution in [0.4, 0.5) is 4.39 Å². The summed E-state index contributed by atoms with van der Waals surface area (Å²) in [6.45, 7) is 2.97. The molecule has 0 atom stereocenters. The third kappa shape index (κ3) is 3.63. The van der Waals surface area contributed by atoms with E-state index in [-0.39, 0.29) is 6.61 Å². The second kappa shape index (κ2) is 2.85. The van der Waals surface area contributed by atoms with E-state index in [9.17, 15) is 4.39 Å². The van der Waals surface area contributed by atoms with Crippen LogP contribution in [-0.4, -0.2) is 13.7 Å². The molecule has 2 heteroatoms. The van der Waals surface area contributed by atoms with Crippen LogP contribution in [0.15, 0.2) is 12.4 Å². The molecule has 0 N–H and O–H groups in total. The van der Waals surface area contributed by atoms with Crippen molar-refractivity contribution in [3.05, 3.63) is 12.4 Å². The van der Waals surface area contributed by atoms with Gasteiger partial charge in [0.05, 0.1) is 6.61 Å². The highest BCUT2D eigenvalue weighted by atomic mass is 19.1. The number of halogens is 1. The lowest BCUT2D eigenvalue weighted by molar-refractivity contribution is 0.207. The van der Waals surface area contributed by atoms with Gasteiger partial charge in [-0.25, -0.2) is 4.39 Å². The Labute approximate surface area is 36.4 Å². The molecule has 0 amide bonds. The van der Waals surface area contributed by atoms with Crippen LogP contribution in [0.3, 0.4) is 0 Å². The summed E-state index contributed by atoms with van der Waals surface area (Å²) in [5, 5.41) is 0. The van der Waals surface area contributed by atoms with Crippen LogP contribution >= 0.6 is 0 Å². The topological polar surface area (TPSA) is 9.23 Å². The van der Waals surface area contributed by atoms with Crippen molar-refractivity contribution in [2.75, 3.05) is 13.7 Å². The fraction of sp³-hybridized carbons (Fsp3) is 0.500. The van der Waals surface area contributed by atoms with Crippen LogP contribution in [0.25, 0.3) is 0 Å². The third-order valence-electron chi connectivity index (χ3n) is 0.301. The molecule has 0 saturated carbocycles. The van der Waals surface area contributed by atoms with Gasteiger partial charge >= 0.3 is 0 Å². The first-order chi connectivity index (χ1) is 2.77. The van der Waals surface area contributed by atoms with Crippen LogP contribution in [0.5, 0.6) is 0 Å². The zero-order valence-electron chi connectivity index (χ0n) is 3.70. The smallest absolute Gasteiger partial charge is 0.118 e. The van der Waals surface area contributed by atoms with Gasteiger partial charge in [-0.05, 0) is 0 Å². The maximum Gasteiger partial charge on any atom is 0.118 e. The predicted octanol–water partition coefficient (Wildman–Crippen LogP) is 1.12. The van der Waals surface area contributed by atoms with E-state index in [1.165, 1.54) is 7.11 Å². The van der Waals surface area contributed by atoms with Crippen molar-refractivity contribution < 1.29 is 9.13 Å². The van der Waals surface area contributed by atoms with Crippen LogP contribution in [-0.2, 0) is 4.74 Å². The number of hydrogen-bond acceptors (Lipinski definition) is 1. The average Bonchev–Trinajstić information content (AvgIpc) is 1.35. The minimum atomic E-state index is -0.433. The van der Waals surface area contributed by atoms with E-state index in [0.717, 1.165) is 0 Å². The first kappa shape index (κ1) is 5.63. The molecule has 0 aromatic carbocycles. The summed E-state index contributed by atoms with van der Waals surface area (Å²) in [4.78, 5) is 0. The molecule has 0 bridgehead atoms. The normalized spacial score (nSPS) is 8.33. The highest BCUT2D eigenvalue weighted by molar-refractivity contribution is 4.77. The molecule has 0 aliphatic heterocycles.